The van der Waals surface area contributed by atoms with Crippen LogP contribution in [0.1, 0.15) is 11.1 Å². The number of thiophene rings is 1. The van der Waals surface area contributed by atoms with E-state index in [1.165, 1.54) is 0 Å². The maximum absolute atomic E-state index is 13.2. The van der Waals surface area contributed by atoms with Crippen LogP contribution >= 0.6 is 11.3 Å². The van der Waals surface area contributed by atoms with E-state index in [4.69, 9.17) is 0 Å². The highest BCUT2D eigenvalue weighted by molar-refractivity contribution is 7.88. The first-order valence-electron chi connectivity index (χ1n) is 7.46. The molecule has 0 unspecified atom stereocenters. The third-order valence-corrected chi connectivity index (χ3v) is 5.59. The molecule has 0 amide bonds. The van der Waals surface area contributed by atoms with Gasteiger partial charge in [-0.2, -0.15) is 11.3 Å². The van der Waals surface area contributed by atoms with Gasteiger partial charge < -0.3 is 0 Å². The quantitative estimate of drug-likeness (QED) is 0.694. The summed E-state index contributed by atoms with van der Waals surface area (Å²) in [5.41, 5.74) is 2.86. The first kappa shape index (κ1) is 17.7. The lowest BCUT2D eigenvalue weighted by molar-refractivity contribution is 0.574. The van der Waals surface area contributed by atoms with Crippen LogP contribution in [0.15, 0.2) is 59.3 Å². The lowest BCUT2D eigenvalue weighted by atomic mass is 10.0. The van der Waals surface area contributed by atoms with Gasteiger partial charge in [-0.15, -0.1) is 0 Å². The van der Waals surface area contributed by atoms with E-state index in [0.29, 0.717) is 6.07 Å². The Kier molecular flexibility index (Phi) is 5.27. The van der Waals surface area contributed by atoms with Crippen molar-refractivity contribution >= 4 is 21.4 Å². The zero-order valence-electron chi connectivity index (χ0n) is 13.1. The summed E-state index contributed by atoms with van der Waals surface area (Å²) in [5, 5.41) is 3.94. The van der Waals surface area contributed by atoms with Crippen LogP contribution in [0.3, 0.4) is 0 Å². The van der Waals surface area contributed by atoms with E-state index in [9.17, 15) is 17.2 Å². The third kappa shape index (κ3) is 4.72. The fraction of sp³-hybridized carbons (Fsp3) is 0.111. The van der Waals surface area contributed by atoms with Gasteiger partial charge in [0, 0.05) is 12.6 Å². The van der Waals surface area contributed by atoms with Gasteiger partial charge in [0.2, 0.25) is 10.0 Å². The first-order valence-corrected chi connectivity index (χ1v) is 10.1. The molecule has 0 aliphatic carbocycles. The molecule has 3 nitrogen and oxygen atoms in total. The molecule has 0 aliphatic rings. The van der Waals surface area contributed by atoms with E-state index in [0.717, 1.165) is 28.8 Å². The Morgan fingerprint density at radius 3 is 2.40 bits per heavy atom. The van der Waals surface area contributed by atoms with Gasteiger partial charge in [0.1, 0.15) is 11.6 Å². The Bertz CT molecular complexity index is 950. The highest BCUT2D eigenvalue weighted by Crippen LogP contribution is 2.26. The summed E-state index contributed by atoms with van der Waals surface area (Å²) in [6.45, 7) is 0.103. The zero-order chi connectivity index (χ0) is 17.9. The molecule has 0 saturated carbocycles. The first-order chi connectivity index (χ1) is 11.9. The molecule has 2 aromatic carbocycles. The van der Waals surface area contributed by atoms with E-state index in [1.807, 2.05) is 41.1 Å². The molecule has 0 fully saturated rings. The van der Waals surface area contributed by atoms with E-state index in [-0.39, 0.29) is 12.1 Å². The van der Waals surface area contributed by atoms with Crippen molar-refractivity contribution in [3.8, 4) is 11.1 Å². The van der Waals surface area contributed by atoms with Crippen molar-refractivity contribution in [1.29, 1.82) is 0 Å². The Balaban J connectivity index is 1.75. The minimum absolute atomic E-state index is 0.0659. The van der Waals surface area contributed by atoms with Crippen LogP contribution in [0.4, 0.5) is 8.78 Å². The molecule has 1 heterocycles. The fourth-order valence-electron chi connectivity index (χ4n) is 2.53. The summed E-state index contributed by atoms with van der Waals surface area (Å²) < 4.78 is 53.4. The Morgan fingerprint density at radius 2 is 1.72 bits per heavy atom. The fourth-order valence-corrected chi connectivity index (χ4v) is 4.27. The second-order valence-electron chi connectivity index (χ2n) is 5.53. The molecule has 7 heteroatoms. The van der Waals surface area contributed by atoms with Crippen LogP contribution < -0.4 is 4.72 Å². The van der Waals surface area contributed by atoms with Crippen LogP contribution in [0.2, 0.25) is 0 Å². The van der Waals surface area contributed by atoms with Crippen molar-refractivity contribution < 1.29 is 17.2 Å². The summed E-state index contributed by atoms with van der Waals surface area (Å²) in [7, 11) is -3.73. The second kappa shape index (κ2) is 7.43. The van der Waals surface area contributed by atoms with Gasteiger partial charge in [0.05, 0.1) is 5.75 Å². The van der Waals surface area contributed by atoms with Crippen molar-refractivity contribution in [2.75, 3.05) is 0 Å². The number of halogens is 2. The van der Waals surface area contributed by atoms with Crippen LogP contribution in [-0.2, 0) is 22.3 Å². The molecular weight excluding hydrogens is 364 g/mol. The van der Waals surface area contributed by atoms with E-state index in [2.05, 4.69) is 4.72 Å². The number of nitrogens with one attached hydrogen (secondary N) is 1. The normalized spacial score (nSPS) is 11.6. The molecule has 130 valence electrons. The standard InChI is InChI=1S/C18H15F2NO2S2/c19-16-7-13(8-17(20)9-16)12-25(22,23)21-10-14-3-1-2-4-18(14)15-5-6-24-11-15/h1-9,11,21H,10,12H2. The summed E-state index contributed by atoms with van der Waals surface area (Å²) >= 11 is 1.56. The van der Waals surface area contributed by atoms with E-state index in [1.54, 1.807) is 11.3 Å². The van der Waals surface area contributed by atoms with Crippen molar-refractivity contribution in [3.05, 3.63) is 82.1 Å². The average molecular weight is 379 g/mol. The molecule has 25 heavy (non-hydrogen) atoms. The van der Waals surface area contributed by atoms with Crippen molar-refractivity contribution in [3.63, 3.8) is 0 Å². The maximum atomic E-state index is 13.2. The molecule has 0 radical (unpaired) electrons. The van der Waals surface area contributed by atoms with Gasteiger partial charge in [-0.1, -0.05) is 24.3 Å². The van der Waals surface area contributed by atoms with Crippen molar-refractivity contribution in [1.82, 2.24) is 4.72 Å². The van der Waals surface area contributed by atoms with Crippen molar-refractivity contribution in [2.24, 2.45) is 0 Å². The molecule has 0 spiro atoms. The monoisotopic (exact) mass is 379 g/mol. The summed E-state index contributed by atoms with van der Waals surface area (Å²) in [4.78, 5) is 0. The Morgan fingerprint density at radius 1 is 1.00 bits per heavy atom. The average Bonchev–Trinajstić information content (AvgIpc) is 3.06. The summed E-state index contributed by atoms with van der Waals surface area (Å²) in [6.07, 6.45) is 0. The lowest BCUT2D eigenvalue weighted by Gasteiger charge is -2.11. The molecule has 0 atom stereocenters. The summed E-state index contributed by atoms with van der Waals surface area (Å²) in [5.74, 6) is -2.08. The van der Waals surface area contributed by atoms with Crippen LogP contribution in [0.25, 0.3) is 11.1 Å². The zero-order valence-corrected chi connectivity index (χ0v) is 14.7. The second-order valence-corrected chi connectivity index (χ2v) is 8.11. The Hall–Kier alpha value is -2.09. The number of sulfonamides is 1. The van der Waals surface area contributed by atoms with E-state index >= 15 is 0 Å². The number of hydrogen-bond donors (Lipinski definition) is 1. The predicted molar refractivity (Wildman–Crippen MR) is 95.6 cm³/mol. The van der Waals surface area contributed by atoms with Gasteiger partial charge in [0.15, 0.2) is 0 Å². The maximum Gasteiger partial charge on any atom is 0.216 e. The van der Waals surface area contributed by atoms with Crippen LogP contribution in [0, 0.1) is 11.6 Å². The molecule has 3 rings (SSSR count). The van der Waals surface area contributed by atoms with Crippen molar-refractivity contribution in [2.45, 2.75) is 12.3 Å². The van der Waals surface area contributed by atoms with Crippen LogP contribution in [0.5, 0.6) is 0 Å². The molecule has 1 aromatic heterocycles. The highest BCUT2D eigenvalue weighted by atomic mass is 32.2. The summed E-state index contributed by atoms with van der Waals surface area (Å²) in [6, 6.07) is 12.2. The Labute approximate surface area is 149 Å². The number of hydrogen-bond acceptors (Lipinski definition) is 3. The van der Waals surface area contributed by atoms with E-state index < -0.39 is 27.4 Å². The highest BCUT2D eigenvalue weighted by Gasteiger charge is 2.14. The molecule has 0 aliphatic heterocycles. The molecule has 0 bridgehead atoms. The van der Waals surface area contributed by atoms with Gasteiger partial charge in [-0.3, -0.25) is 0 Å². The largest absolute Gasteiger partial charge is 0.216 e. The topological polar surface area (TPSA) is 46.2 Å². The molecule has 3 aromatic rings. The van der Waals surface area contributed by atoms with Gasteiger partial charge in [-0.05, 0) is 51.2 Å². The van der Waals surface area contributed by atoms with Crippen LogP contribution in [-0.4, -0.2) is 8.42 Å². The lowest BCUT2D eigenvalue weighted by Crippen LogP contribution is -2.25. The van der Waals surface area contributed by atoms with Gasteiger partial charge in [-0.25, -0.2) is 21.9 Å². The molecule has 0 saturated heterocycles. The van der Waals surface area contributed by atoms with Gasteiger partial charge >= 0.3 is 0 Å². The number of rotatable bonds is 6. The SMILES string of the molecule is O=S(=O)(Cc1cc(F)cc(F)c1)NCc1ccccc1-c1ccsc1. The minimum Gasteiger partial charge on any atom is -0.212 e. The molecule has 1 N–H and O–H groups in total. The van der Waals surface area contributed by atoms with Gasteiger partial charge in [0.25, 0.3) is 0 Å². The smallest absolute Gasteiger partial charge is 0.212 e. The third-order valence-electron chi connectivity index (χ3n) is 3.61. The minimum atomic E-state index is -3.73. The molecular formula is C18H15F2NO2S2. The number of benzene rings is 2. The predicted octanol–water partition coefficient (Wildman–Crippen LogP) is 4.31.